The molecule has 8 nitrogen and oxygen atoms in total. The Bertz CT molecular complexity index is 995. The van der Waals surface area contributed by atoms with Crippen molar-refractivity contribution in [3.8, 4) is 5.75 Å². The molecule has 1 aromatic heterocycles. The van der Waals surface area contributed by atoms with Crippen LogP contribution in [-0.2, 0) is 14.8 Å². The molecule has 0 spiro atoms. The lowest BCUT2D eigenvalue weighted by atomic mass is 10.3. The summed E-state index contributed by atoms with van der Waals surface area (Å²) in [7, 11) is -2.35. The molecule has 0 aliphatic heterocycles. The predicted molar refractivity (Wildman–Crippen MR) is 97.5 cm³/mol. The Morgan fingerprint density at radius 3 is 2.50 bits per heavy atom. The van der Waals surface area contributed by atoms with E-state index in [0.29, 0.717) is 11.3 Å². The van der Waals surface area contributed by atoms with Crippen LogP contribution in [0.1, 0.15) is 6.92 Å². The molecule has 136 valence electrons. The second-order valence-corrected chi connectivity index (χ2v) is 7.32. The number of nitrogens with zero attached hydrogens (tertiary/aromatic N) is 1. The van der Waals surface area contributed by atoms with Crippen LogP contribution in [0.2, 0.25) is 0 Å². The van der Waals surface area contributed by atoms with Crippen molar-refractivity contribution in [2.24, 2.45) is 0 Å². The van der Waals surface area contributed by atoms with E-state index in [-0.39, 0.29) is 10.8 Å². The van der Waals surface area contributed by atoms with Gasteiger partial charge in [-0.3, -0.25) is 10.1 Å². The summed E-state index contributed by atoms with van der Waals surface area (Å²) in [5.41, 5.74) is 1.48. The van der Waals surface area contributed by atoms with E-state index in [1.165, 1.54) is 38.3 Å². The van der Waals surface area contributed by atoms with Crippen LogP contribution < -0.4 is 14.8 Å². The first kappa shape index (κ1) is 17.9. The SMILES string of the molecule is COc1ccc(S(=O)(=O)N[C@@H](C)C(=O)Nc2nc3ccccc3[nH]2)cc1. The summed E-state index contributed by atoms with van der Waals surface area (Å²) in [5.74, 6) is 0.271. The number of hydrogen-bond acceptors (Lipinski definition) is 5. The minimum absolute atomic E-state index is 0.0432. The Hall–Kier alpha value is -2.91. The van der Waals surface area contributed by atoms with Crippen LogP contribution in [-0.4, -0.2) is 37.4 Å². The average molecular weight is 374 g/mol. The Morgan fingerprint density at radius 2 is 1.85 bits per heavy atom. The monoisotopic (exact) mass is 374 g/mol. The third kappa shape index (κ3) is 3.84. The number of sulfonamides is 1. The number of rotatable bonds is 6. The highest BCUT2D eigenvalue weighted by atomic mass is 32.2. The van der Waals surface area contributed by atoms with Crippen molar-refractivity contribution >= 4 is 32.9 Å². The van der Waals surface area contributed by atoms with Crippen LogP contribution in [0.15, 0.2) is 53.4 Å². The molecule has 0 bridgehead atoms. The summed E-state index contributed by atoms with van der Waals surface area (Å²) in [6, 6.07) is 12.2. The van der Waals surface area contributed by atoms with E-state index in [1.54, 1.807) is 6.07 Å². The molecule has 0 saturated carbocycles. The van der Waals surface area contributed by atoms with Crippen molar-refractivity contribution in [1.82, 2.24) is 14.7 Å². The molecule has 1 amide bonds. The Morgan fingerprint density at radius 1 is 1.15 bits per heavy atom. The number of para-hydroxylation sites is 2. The normalized spacial score (nSPS) is 12.7. The zero-order valence-electron chi connectivity index (χ0n) is 14.2. The summed E-state index contributed by atoms with van der Waals surface area (Å²) < 4.78 is 32.1. The number of ether oxygens (including phenoxy) is 1. The number of nitrogens with one attached hydrogen (secondary N) is 3. The quantitative estimate of drug-likeness (QED) is 0.610. The fraction of sp³-hybridized carbons (Fsp3) is 0.176. The minimum atomic E-state index is -3.84. The zero-order valence-corrected chi connectivity index (χ0v) is 15.0. The van der Waals surface area contributed by atoms with Gasteiger partial charge in [0.25, 0.3) is 0 Å². The topological polar surface area (TPSA) is 113 Å². The molecule has 3 N–H and O–H groups in total. The predicted octanol–water partition coefficient (Wildman–Crippen LogP) is 1.88. The number of hydrogen-bond donors (Lipinski definition) is 3. The number of H-pyrrole nitrogens is 1. The molecular weight excluding hydrogens is 356 g/mol. The van der Waals surface area contributed by atoms with E-state index >= 15 is 0 Å². The van der Waals surface area contributed by atoms with Gasteiger partial charge in [0.15, 0.2) is 0 Å². The standard InChI is InChI=1S/C17H18N4O4S/c1-11(21-26(23,24)13-9-7-12(25-2)8-10-13)16(22)20-17-18-14-5-3-4-6-15(14)19-17/h3-11,21H,1-2H3,(H2,18,19,20,22)/t11-/m0/s1. The Kier molecular flexibility index (Phi) is 4.92. The molecule has 1 atom stereocenters. The zero-order chi connectivity index (χ0) is 18.7. The number of carbonyl (C=O) groups excluding carboxylic acids is 1. The van der Waals surface area contributed by atoms with Gasteiger partial charge in [0.2, 0.25) is 21.9 Å². The Labute approximate surface area is 150 Å². The highest BCUT2D eigenvalue weighted by molar-refractivity contribution is 7.89. The average Bonchev–Trinajstić information content (AvgIpc) is 3.03. The lowest BCUT2D eigenvalue weighted by Gasteiger charge is -2.13. The lowest BCUT2D eigenvalue weighted by Crippen LogP contribution is -2.41. The molecule has 3 rings (SSSR count). The van der Waals surface area contributed by atoms with Gasteiger partial charge in [0.05, 0.1) is 29.1 Å². The van der Waals surface area contributed by atoms with Crippen LogP contribution in [0.4, 0.5) is 5.95 Å². The third-order valence-electron chi connectivity index (χ3n) is 3.73. The van der Waals surface area contributed by atoms with E-state index < -0.39 is 22.0 Å². The number of imidazole rings is 1. The van der Waals surface area contributed by atoms with Gasteiger partial charge in [-0.1, -0.05) is 12.1 Å². The second-order valence-electron chi connectivity index (χ2n) is 5.61. The number of aromatic amines is 1. The number of amides is 1. The fourth-order valence-electron chi connectivity index (χ4n) is 2.35. The van der Waals surface area contributed by atoms with Crippen molar-refractivity contribution in [3.63, 3.8) is 0 Å². The van der Waals surface area contributed by atoms with Gasteiger partial charge in [-0.05, 0) is 43.3 Å². The van der Waals surface area contributed by atoms with Gasteiger partial charge in [0, 0.05) is 0 Å². The molecule has 0 fully saturated rings. The molecule has 3 aromatic rings. The number of methoxy groups -OCH3 is 1. The molecule has 9 heteroatoms. The molecule has 0 unspecified atom stereocenters. The van der Waals surface area contributed by atoms with Gasteiger partial charge < -0.3 is 9.72 Å². The maximum atomic E-state index is 12.4. The summed E-state index contributed by atoms with van der Waals surface area (Å²) in [5, 5.41) is 2.57. The van der Waals surface area contributed by atoms with Crippen molar-refractivity contribution in [2.75, 3.05) is 12.4 Å². The first-order chi connectivity index (χ1) is 12.4. The molecule has 26 heavy (non-hydrogen) atoms. The molecule has 2 aromatic carbocycles. The van der Waals surface area contributed by atoms with Gasteiger partial charge in [-0.15, -0.1) is 0 Å². The molecule has 0 aliphatic carbocycles. The molecule has 0 saturated heterocycles. The van der Waals surface area contributed by atoms with Crippen LogP contribution in [0, 0.1) is 0 Å². The van der Waals surface area contributed by atoms with Crippen LogP contribution in [0.3, 0.4) is 0 Å². The molecule has 0 radical (unpaired) electrons. The van der Waals surface area contributed by atoms with E-state index in [2.05, 4.69) is 20.0 Å². The second kappa shape index (κ2) is 7.14. The van der Waals surface area contributed by atoms with E-state index in [9.17, 15) is 13.2 Å². The van der Waals surface area contributed by atoms with Gasteiger partial charge in [0.1, 0.15) is 5.75 Å². The number of anilines is 1. The maximum absolute atomic E-state index is 12.4. The third-order valence-corrected chi connectivity index (χ3v) is 5.28. The van der Waals surface area contributed by atoms with Crippen molar-refractivity contribution < 1.29 is 17.9 Å². The molecular formula is C17H18N4O4S. The van der Waals surface area contributed by atoms with Crippen molar-refractivity contribution in [3.05, 3.63) is 48.5 Å². The smallest absolute Gasteiger partial charge is 0.244 e. The Balaban J connectivity index is 1.69. The van der Waals surface area contributed by atoms with Crippen LogP contribution in [0.25, 0.3) is 11.0 Å². The summed E-state index contributed by atoms with van der Waals surface area (Å²) >= 11 is 0. The summed E-state index contributed by atoms with van der Waals surface area (Å²) in [6.07, 6.45) is 0. The number of aromatic nitrogens is 2. The molecule has 0 aliphatic rings. The summed E-state index contributed by atoms with van der Waals surface area (Å²) in [6.45, 7) is 1.46. The van der Waals surface area contributed by atoms with Crippen molar-refractivity contribution in [1.29, 1.82) is 0 Å². The first-order valence-electron chi connectivity index (χ1n) is 7.81. The van der Waals surface area contributed by atoms with Gasteiger partial charge in [-0.25, -0.2) is 13.4 Å². The molecule has 1 heterocycles. The number of benzene rings is 2. The van der Waals surface area contributed by atoms with Gasteiger partial charge >= 0.3 is 0 Å². The maximum Gasteiger partial charge on any atom is 0.244 e. The van der Waals surface area contributed by atoms with Crippen LogP contribution >= 0.6 is 0 Å². The number of fused-ring (bicyclic) bond motifs is 1. The first-order valence-corrected chi connectivity index (χ1v) is 9.29. The van der Waals surface area contributed by atoms with E-state index in [0.717, 1.165) is 5.52 Å². The fourth-order valence-corrected chi connectivity index (χ4v) is 3.55. The lowest BCUT2D eigenvalue weighted by molar-refractivity contribution is -0.117. The van der Waals surface area contributed by atoms with E-state index in [1.807, 2.05) is 18.2 Å². The van der Waals surface area contributed by atoms with Gasteiger partial charge in [-0.2, -0.15) is 4.72 Å². The summed E-state index contributed by atoms with van der Waals surface area (Å²) in [4.78, 5) is 19.5. The minimum Gasteiger partial charge on any atom is -0.497 e. The van der Waals surface area contributed by atoms with Crippen LogP contribution in [0.5, 0.6) is 5.75 Å². The largest absolute Gasteiger partial charge is 0.497 e. The number of carbonyl (C=O) groups is 1. The highest BCUT2D eigenvalue weighted by Gasteiger charge is 2.22. The van der Waals surface area contributed by atoms with E-state index in [4.69, 9.17) is 4.74 Å². The van der Waals surface area contributed by atoms with Crippen molar-refractivity contribution in [2.45, 2.75) is 17.9 Å². The highest BCUT2D eigenvalue weighted by Crippen LogP contribution is 2.16.